The van der Waals surface area contributed by atoms with Crippen LogP contribution in [0.25, 0.3) is 22.0 Å². The molecule has 0 spiro atoms. The number of H-pyrrole nitrogens is 1. The maximum Gasteiger partial charge on any atom is 0.254 e. The molecule has 0 radical (unpaired) electrons. The molecule has 1 aromatic heterocycles. The third-order valence-corrected chi connectivity index (χ3v) is 5.52. The smallest absolute Gasteiger partial charge is 0.254 e. The molecule has 0 bridgehead atoms. The van der Waals surface area contributed by atoms with Crippen molar-refractivity contribution in [2.75, 3.05) is 4.72 Å². The summed E-state index contributed by atoms with van der Waals surface area (Å²) in [4.78, 5) is 14.6. The molecule has 0 aliphatic rings. The molecule has 0 unspecified atom stereocenters. The van der Waals surface area contributed by atoms with Gasteiger partial charge in [0.25, 0.3) is 10.0 Å². The lowest BCUT2D eigenvalue weighted by Gasteiger charge is -2.15. The molecule has 0 atom stereocenters. The van der Waals surface area contributed by atoms with Crippen LogP contribution in [0.2, 0.25) is 0 Å². The number of anilines is 1. The fraction of sp³-hybridized carbons (Fsp3) is 0.150. The minimum absolute atomic E-state index is 0.148. The van der Waals surface area contributed by atoms with E-state index in [1.807, 2.05) is 38.2 Å². The third-order valence-electron chi connectivity index (χ3n) is 4.58. The molecule has 3 aromatic rings. The molecular weight excluding hydrogens is 362 g/mol. The highest BCUT2D eigenvalue weighted by Gasteiger charge is 2.16. The van der Waals surface area contributed by atoms with E-state index in [9.17, 15) is 13.2 Å². The Morgan fingerprint density at radius 2 is 1.96 bits per heavy atom. The van der Waals surface area contributed by atoms with Gasteiger partial charge in [-0.1, -0.05) is 30.8 Å². The van der Waals surface area contributed by atoms with Crippen molar-refractivity contribution in [3.8, 4) is 11.1 Å². The lowest BCUT2D eigenvalue weighted by Crippen LogP contribution is -2.14. The van der Waals surface area contributed by atoms with Crippen molar-refractivity contribution in [3.63, 3.8) is 0 Å². The summed E-state index contributed by atoms with van der Waals surface area (Å²) >= 11 is 0. The first-order chi connectivity index (χ1) is 12.7. The molecule has 1 heterocycles. The number of nitrogens with two attached hydrogens (primary N) is 1. The summed E-state index contributed by atoms with van der Waals surface area (Å²) in [5.74, 6) is -0.395. The number of fused-ring (bicyclic) bond motifs is 1. The Morgan fingerprint density at radius 1 is 1.22 bits per heavy atom. The summed E-state index contributed by atoms with van der Waals surface area (Å²) in [6.07, 6.45) is 2.03. The number of hydrogen-bond donors (Lipinski definition) is 3. The molecule has 7 heteroatoms. The van der Waals surface area contributed by atoms with Gasteiger partial charge < -0.3 is 10.7 Å². The largest absolute Gasteiger partial charge is 0.369 e. The molecule has 4 N–H and O–H groups in total. The van der Waals surface area contributed by atoms with E-state index in [1.165, 1.54) is 0 Å². The maximum absolute atomic E-state index is 11.9. The van der Waals surface area contributed by atoms with E-state index in [0.29, 0.717) is 5.69 Å². The second-order valence-electron chi connectivity index (χ2n) is 6.43. The zero-order valence-electron chi connectivity index (χ0n) is 15.2. The molecule has 6 nitrogen and oxygen atoms in total. The molecule has 140 valence electrons. The second kappa shape index (κ2) is 6.92. The standard InChI is InChI=1S/C20H21N3O3S/c1-4-27(25,26)23-17-7-5-6-15(13(17)3)16-9-8-14(10-18(21)24)20-19(16)12(2)11-22-20/h4-9,11,22-23H,1,10H2,2-3H3,(H2,21,24). The van der Waals surface area contributed by atoms with E-state index in [4.69, 9.17) is 5.73 Å². The number of sulfonamides is 1. The Hall–Kier alpha value is -3.06. The van der Waals surface area contributed by atoms with Crippen LogP contribution < -0.4 is 10.5 Å². The van der Waals surface area contributed by atoms with Crippen LogP contribution in [-0.2, 0) is 21.2 Å². The van der Waals surface area contributed by atoms with Gasteiger partial charge in [0.15, 0.2) is 0 Å². The molecule has 0 aliphatic carbocycles. The van der Waals surface area contributed by atoms with Gasteiger partial charge in [-0.15, -0.1) is 0 Å². The summed E-state index contributed by atoms with van der Waals surface area (Å²) < 4.78 is 26.3. The van der Waals surface area contributed by atoms with Crippen LogP contribution in [0, 0.1) is 13.8 Å². The predicted molar refractivity (Wildman–Crippen MR) is 109 cm³/mol. The molecule has 0 saturated heterocycles. The number of amides is 1. The number of carbonyl (C=O) groups excluding carboxylic acids is 1. The summed E-state index contributed by atoms with van der Waals surface area (Å²) in [6, 6.07) is 9.26. The van der Waals surface area contributed by atoms with Gasteiger partial charge in [-0.25, -0.2) is 8.42 Å². The van der Waals surface area contributed by atoms with E-state index in [0.717, 1.165) is 44.1 Å². The fourth-order valence-corrected chi connectivity index (χ4v) is 3.88. The van der Waals surface area contributed by atoms with Gasteiger partial charge in [0.2, 0.25) is 5.91 Å². The van der Waals surface area contributed by atoms with Crippen LogP contribution in [-0.4, -0.2) is 19.3 Å². The van der Waals surface area contributed by atoms with Crippen molar-refractivity contribution in [1.29, 1.82) is 0 Å². The van der Waals surface area contributed by atoms with Crippen molar-refractivity contribution in [2.45, 2.75) is 20.3 Å². The normalized spacial score (nSPS) is 11.5. The maximum atomic E-state index is 11.9. The molecule has 27 heavy (non-hydrogen) atoms. The quantitative estimate of drug-likeness (QED) is 0.608. The number of carbonyl (C=O) groups is 1. The monoisotopic (exact) mass is 383 g/mol. The topological polar surface area (TPSA) is 105 Å². The number of benzene rings is 2. The Bertz CT molecular complexity index is 1160. The highest BCUT2D eigenvalue weighted by Crippen LogP contribution is 2.36. The SMILES string of the molecule is C=CS(=O)(=O)Nc1cccc(-c2ccc(CC(N)=O)c3[nH]cc(C)c23)c1C. The van der Waals surface area contributed by atoms with Gasteiger partial charge in [0.05, 0.1) is 17.6 Å². The summed E-state index contributed by atoms with van der Waals surface area (Å²) in [5.41, 5.74) is 11.2. The molecule has 0 aliphatic heterocycles. The minimum Gasteiger partial charge on any atom is -0.369 e. The van der Waals surface area contributed by atoms with E-state index in [1.54, 1.807) is 12.1 Å². The number of hydrogen-bond acceptors (Lipinski definition) is 3. The number of aromatic nitrogens is 1. The van der Waals surface area contributed by atoms with Gasteiger partial charge >= 0.3 is 0 Å². The van der Waals surface area contributed by atoms with Crippen molar-refractivity contribution in [2.24, 2.45) is 5.73 Å². The summed E-state index contributed by atoms with van der Waals surface area (Å²) in [6.45, 7) is 7.17. The first kappa shape index (κ1) is 18.7. The van der Waals surface area contributed by atoms with Crippen molar-refractivity contribution < 1.29 is 13.2 Å². The minimum atomic E-state index is -3.60. The lowest BCUT2D eigenvalue weighted by molar-refractivity contribution is -0.117. The third kappa shape index (κ3) is 3.59. The molecule has 2 aromatic carbocycles. The van der Waals surface area contributed by atoms with Crippen LogP contribution >= 0.6 is 0 Å². The zero-order valence-corrected chi connectivity index (χ0v) is 16.0. The predicted octanol–water partition coefficient (Wildman–Crippen LogP) is 3.36. The Labute approximate surface area is 158 Å². The van der Waals surface area contributed by atoms with Crippen LogP contribution in [0.5, 0.6) is 0 Å². The molecule has 3 rings (SSSR count). The highest BCUT2D eigenvalue weighted by molar-refractivity contribution is 7.95. The zero-order chi connectivity index (χ0) is 19.8. The molecule has 0 saturated carbocycles. The van der Waals surface area contributed by atoms with E-state index in [-0.39, 0.29) is 6.42 Å². The number of nitrogens with one attached hydrogen (secondary N) is 2. The van der Waals surface area contributed by atoms with E-state index < -0.39 is 15.9 Å². The number of primary amides is 1. The number of rotatable bonds is 6. The Morgan fingerprint density at radius 3 is 2.63 bits per heavy atom. The average Bonchev–Trinajstić information content (AvgIpc) is 3.00. The van der Waals surface area contributed by atoms with Gasteiger partial charge in [-0.2, -0.15) is 0 Å². The van der Waals surface area contributed by atoms with E-state index >= 15 is 0 Å². The highest BCUT2D eigenvalue weighted by atomic mass is 32.2. The van der Waals surface area contributed by atoms with Gasteiger partial charge in [0.1, 0.15) is 0 Å². The van der Waals surface area contributed by atoms with Gasteiger partial charge in [-0.3, -0.25) is 9.52 Å². The second-order valence-corrected chi connectivity index (χ2v) is 8.06. The van der Waals surface area contributed by atoms with Crippen molar-refractivity contribution in [1.82, 2.24) is 4.98 Å². The van der Waals surface area contributed by atoms with Crippen LogP contribution in [0.3, 0.4) is 0 Å². The Kier molecular flexibility index (Phi) is 4.80. The van der Waals surface area contributed by atoms with Gasteiger partial charge in [-0.05, 0) is 47.7 Å². The summed E-state index contributed by atoms with van der Waals surface area (Å²) in [5, 5.41) is 1.87. The van der Waals surface area contributed by atoms with Crippen LogP contribution in [0.15, 0.2) is 48.5 Å². The molecule has 1 amide bonds. The number of aryl methyl sites for hydroxylation is 1. The fourth-order valence-electron chi connectivity index (χ4n) is 3.27. The Balaban J connectivity index is 2.21. The van der Waals surface area contributed by atoms with Crippen molar-refractivity contribution in [3.05, 3.63) is 65.2 Å². The summed E-state index contributed by atoms with van der Waals surface area (Å²) in [7, 11) is -3.60. The lowest BCUT2D eigenvalue weighted by atomic mass is 9.93. The number of aromatic amines is 1. The first-order valence-electron chi connectivity index (χ1n) is 8.36. The van der Waals surface area contributed by atoms with Gasteiger partial charge in [0, 0.05) is 17.0 Å². The average molecular weight is 383 g/mol. The molecule has 0 fully saturated rings. The molecular formula is C20H21N3O3S. The van der Waals surface area contributed by atoms with Crippen LogP contribution in [0.1, 0.15) is 16.7 Å². The van der Waals surface area contributed by atoms with Crippen molar-refractivity contribution >= 4 is 32.5 Å². The van der Waals surface area contributed by atoms with E-state index in [2.05, 4.69) is 16.3 Å². The van der Waals surface area contributed by atoms with Crippen LogP contribution in [0.4, 0.5) is 5.69 Å². The first-order valence-corrected chi connectivity index (χ1v) is 9.91.